The molecule has 0 bridgehead atoms. The van der Waals surface area contributed by atoms with Crippen LogP contribution < -0.4 is 9.47 Å². The van der Waals surface area contributed by atoms with Crippen LogP contribution in [0.25, 0.3) is 11.1 Å². The van der Waals surface area contributed by atoms with Crippen LogP contribution in [-0.2, 0) is 17.8 Å². The number of nitrogens with zero attached hydrogens (tertiary/aromatic N) is 1. The number of carbonyl (C=O) groups excluding carboxylic acids is 1. The van der Waals surface area contributed by atoms with E-state index < -0.39 is 12.1 Å². The van der Waals surface area contributed by atoms with E-state index in [0.29, 0.717) is 24.5 Å². The van der Waals surface area contributed by atoms with Gasteiger partial charge in [-0.3, -0.25) is 4.79 Å². The normalized spacial score (nSPS) is 11.4. The average molecular weight is 510 g/mol. The Kier molecular flexibility index (Phi) is 8.77. The van der Waals surface area contributed by atoms with Crippen LogP contribution in [0.2, 0.25) is 0 Å². The third-order valence-corrected chi connectivity index (χ3v) is 6.11. The second kappa shape index (κ2) is 12.6. The SMILES string of the molecule is CCOc1ccc(C(=O)N(C)Cc2cccc(-c3ccc(CC(Oc4ccccc4)C(=O)O)cc3)c2)cc1. The number of hydrogen-bond donors (Lipinski definition) is 1. The molecule has 1 amide bonds. The lowest BCUT2D eigenvalue weighted by Crippen LogP contribution is -2.29. The van der Waals surface area contributed by atoms with Gasteiger partial charge in [0.25, 0.3) is 5.91 Å². The minimum atomic E-state index is -1.01. The highest BCUT2D eigenvalue weighted by Gasteiger charge is 2.20. The van der Waals surface area contributed by atoms with Gasteiger partial charge in [0, 0.05) is 25.6 Å². The third kappa shape index (κ3) is 7.01. The quantitative estimate of drug-likeness (QED) is 0.264. The van der Waals surface area contributed by atoms with Gasteiger partial charge in [-0.1, -0.05) is 60.7 Å². The number of carbonyl (C=O) groups is 2. The molecule has 1 atom stereocenters. The van der Waals surface area contributed by atoms with Gasteiger partial charge in [0.1, 0.15) is 11.5 Å². The highest BCUT2D eigenvalue weighted by molar-refractivity contribution is 5.94. The van der Waals surface area contributed by atoms with Gasteiger partial charge in [-0.25, -0.2) is 4.79 Å². The largest absolute Gasteiger partial charge is 0.494 e. The molecule has 0 aliphatic rings. The summed E-state index contributed by atoms with van der Waals surface area (Å²) in [6, 6.07) is 32.0. The van der Waals surface area contributed by atoms with Crippen molar-refractivity contribution in [3.8, 4) is 22.6 Å². The number of carboxylic acids is 1. The molecule has 4 rings (SSSR count). The average Bonchev–Trinajstić information content (AvgIpc) is 2.94. The zero-order valence-electron chi connectivity index (χ0n) is 21.5. The highest BCUT2D eigenvalue weighted by atomic mass is 16.5. The van der Waals surface area contributed by atoms with E-state index in [-0.39, 0.29) is 12.3 Å². The molecule has 0 aromatic heterocycles. The number of ether oxygens (including phenoxy) is 2. The van der Waals surface area contributed by atoms with E-state index in [1.54, 1.807) is 48.3 Å². The van der Waals surface area contributed by atoms with Crippen molar-refractivity contribution in [1.82, 2.24) is 4.90 Å². The van der Waals surface area contributed by atoms with Crippen LogP contribution in [0.5, 0.6) is 11.5 Å². The second-order valence-electron chi connectivity index (χ2n) is 8.98. The minimum absolute atomic E-state index is 0.0616. The Hall–Kier alpha value is -4.58. The molecule has 0 saturated carbocycles. The third-order valence-electron chi connectivity index (χ3n) is 6.11. The molecule has 1 N–H and O–H groups in total. The Morgan fingerprint density at radius 2 is 1.50 bits per heavy atom. The summed E-state index contributed by atoms with van der Waals surface area (Å²) in [5, 5.41) is 9.62. The number of aliphatic carboxylic acids is 1. The van der Waals surface area contributed by atoms with E-state index in [1.165, 1.54) is 0 Å². The maximum atomic E-state index is 12.9. The molecule has 0 aliphatic carbocycles. The number of carboxylic acid groups (broad SMARTS) is 1. The molecule has 6 heteroatoms. The highest BCUT2D eigenvalue weighted by Crippen LogP contribution is 2.23. The Morgan fingerprint density at radius 1 is 0.789 bits per heavy atom. The van der Waals surface area contributed by atoms with Crippen molar-refractivity contribution in [2.24, 2.45) is 0 Å². The van der Waals surface area contributed by atoms with Crippen LogP contribution in [0.1, 0.15) is 28.4 Å². The first-order valence-corrected chi connectivity index (χ1v) is 12.5. The molecule has 0 radical (unpaired) electrons. The van der Waals surface area contributed by atoms with Crippen LogP contribution in [0.4, 0.5) is 0 Å². The summed E-state index contributed by atoms with van der Waals surface area (Å²) < 4.78 is 11.1. The van der Waals surface area contributed by atoms with Crippen molar-refractivity contribution >= 4 is 11.9 Å². The topological polar surface area (TPSA) is 76.1 Å². The van der Waals surface area contributed by atoms with Crippen LogP contribution in [0.15, 0.2) is 103 Å². The summed E-state index contributed by atoms with van der Waals surface area (Å²) in [6.45, 7) is 2.97. The first-order valence-electron chi connectivity index (χ1n) is 12.5. The number of para-hydroxylation sites is 1. The molecular weight excluding hydrogens is 478 g/mol. The molecule has 0 fully saturated rings. The zero-order valence-corrected chi connectivity index (χ0v) is 21.5. The maximum absolute atomic E-state index is 12.9. The molecule has 0 saturated heterocycles. The van der Waals surface area contributed by atoms with Crippen molar-refractivity contribution in [2.75, 3.05) is 13.7 Å². The summed E-state index contributed by atoms with van der Waals surface area (Å²) in [5.74, 6) is 0.204. The molecule has 4 aromatic rings. The fourth-order valence-corrected chi connectivity index (χ4v) is 4.17. The molecule has 194 valence electrons. The second-order valence-corrected chi connectivity index (χ2v) is 8.98. The molecule has 6 nitrogen and oxygen atoms in total. The van der Waals surface area contributed by atoms with E-state index in [2.05, 4.69) is 6.07 Å². The summed E-state index contributed by atoms with van der Waals surface area (Å²) in [7, 11) is 1.79. The Morgan fingerprint density at radius 3 is 2.16 bits per heavy atom. The summed E-state index contributed by atoms with van der Waals surface area (Å²) in [5.41, 5.74) is 4.52. The van der Waals surface area contributed by atoms with E-state index in [0.717, 1.165) is 28.0 Å². The number of amides is 1. The first kappa shape index (κ1) is 26.5. The van der Waals surface area contributed by atoms with Crippen LogP contribution >= 0.6 is 0 Å². The molecule has 0 heterocycles. The van der Waals surface area contributed by atoms with Gasteiger partial charge < -0.3 is 19.5 Å². The van der Waals surface area contributed by atoms with Crippen molar-refractivity contribution < 1.29 is 24.2 Å². The summed E-state index contributed by atoms with van der Waals surface area (Å²) in [4.78, 5) is 26.3. The number of rotatable bonds is 11. The summed E-state index contributed by atoms with van der Waals surface area (Å²) in [6.07, 6.45) is -0.724. The van der Waals surface area contributed by atoms with E-state index in [9.17, 15) is 14.7 Å². The predicted octanol–water partition coefficient (Wildman–Crippen LogP) is 6.10. The van der Waals surface area contributed by atoms with Crippen LogP contribution in [-0.4, -0.2) is 41.6 Å². The molecule has 1 unspecified atom stereocenters. The van der Waals surface area contributed by atoms with Gasteiger partial charge in [-0.05, 0) is 71.6 Å². The van der Waals surface area contributed by atoms with Crippen molar-refractivity contribution in [2.45, 2.75) is 26.0 Å². The van der Waals surface area contributed by atoms with Gasteiger partial charge >= 0.3 is 5.97 Å². The monoisotopic (exact) mass is 509 g/mol. The molecule has 4 aromatic carbocycles. The van der Waals surface area contributed by atoms with Crippen molar-refractivity contribution in [1.29, 1.82) is 0 Å². The Bertz CT molecular complexity index is 1350. The lowest BCUT2D eigenvalue weighted by Gasteiger charge is -2.18. The van der Waals surface area contributed by atoms with Crippen LogP contribution in [0, 0.1) is 0 Å². The molecule has 0 aliphatic heterocycles. The van der Waals surface area contributed by atoms with Crippen LogP contribution in [0.3, 0.4) is 0 Å². The fraction of sp³-hybridized carbons (Fsp3) is 0.188. The van der Waals surface area contributed by atoms with Crippen molar-refractivity contribution in [3.05, 3.63) is 120 Å². The number of hydrogen-bond acceptors (Lipinski definition) is 4. The van der Waals surface area contributed by atoms with E-state index >= 15 is 0 Å². The van der Waals surface area contributed by atoms with E-state index in [1.807, 2.05) is 67.6 Å². The van der Waals surface area contributed by atoms with Gasteiger partial charge in [0.05, 0.1) is 6.61 Å². The standard InChI is InChI=1S/C32H31NO5/c1-3-37-28-18-16-26(17-19-28)31(34)33(2)22-24-8-7-9-27(20-24)25-14-12-23(13-15-25)21-30(32(35)36)38-29-10-5-4-6-11-29/h4-20,30H,3,21-22H2,1-2H3,(H,35,36). The fourth-order valence-electron chi connectivity index (χ4n) is 4.17. The predicted molar refractivity (Wildman–Crippen MR) is 147 cm³/mol. The smallest absolute Gasteiger partial charge is 0.345 e. The lowest BCUT2D eigenvalue weighted by atomic mass is 9.99. The maximum Gasteiger partial charge on any atom is 0.345 e. The Labute approximate surface area is 223 Å². The number of benzene rings is 4. The minimum Gasteiger partial charge on any atom is -0.494 e. The van der Waals surface area contributed by atoms with Crippen molar-refractivity contribution in [3.63, 3.8) is 0 Å². The molecule has 38 heavy (non-hydrogen) atoms. The zero-order chi connectivity index (χ0) is 26.9. The van der Waals surface area contributed by atoms with E-state index in [4.69, 9.17) is 9.47 Å². The first-order chi connectivity index (χ1) is 18.4. The molecular formula is C32H31NO5. The van der Waals surface area contributed by atoms with Gasteiger partial charge in [-0.2, -0.15) is 0 Å². The van der Waals surface area contributed by atoms with Gasteiger partial charge in [0.2, 0.25) is 0 Å². The Balaban J connectivity index is 1.40. The molecule has 0 spiro atoms. The lowest BCUT2D eigenvalue weighted by molar-refractivity contribution is -0.145. The van der Waals surface area contributed by atoms with Gasteiger partial charge in [-0.15, -0.1) is 0 Å². The summed E-state index contributed by atoms with van der Waals surface area (Å²) >= 11 is 0. The van der Waals surface area contributed by atoms with Gasteiger partial charge in [0.15, 0.2) is 6.10 Å².